The second kappa shape index (κ2) is 9.37. The van der Waals surface area contributed by atoms with Gasteiger partial charge >= 0.3 is 0 Å². The Morgan fingerprint density at radius 1 is 0.943 bits per heavy atom. The Morgan fingerprint density at radius 3 is 2.31 bits per heavy atom. The van der Waals surface area contributed by atoms with Crippen LogP contribution in [0.2, 0.25) is 0 Å². The lowest BCUT2D eigenvalue weighted by Gasteiger charge is -2.45. The molecule has 0 spiro atoms. The van der Waals surface area contributed by atoms with Crippen molar-refractivity contribution < 1.29 is 9.59 Å². The van der Waals surface area contributed by atoms with Crippen LogP contribution in [0.1, 0.15) is 61.1 Å². The van der Waals surface area contributed by atoms with Crippen molar-refractivity contribution in [3.05, 3.63) is 83.6 Å². The molecule has 1 saturated carbocycles. The van der Waals surface area contributed by atoms with Crippen LogP contribution in [0.25, 0.3) is 11.3 Å². The Balaban J connectivity index is 1.53. The minimum atomic E-state index is -1.00. The molecule has 2 aromatic carbocycles. The second-order valence-electron chi connectivity index (χ2n) is 10.6. The smallest absolute Gasteiger partial charge is 0.271 e. The van der Waals surface area contributed by atoms with E-state index in [1.54, 1.807) is 4.90 Å². The summed E-state index contributed by atoms with van der Waals surface area (Å²) < 4.78 is 2.04. The second-order valence-corrected chi connectivity index (χ2v) is 10.6. The van der Waals surface area contributed by atoms with Gasteiger partial charge in [0.05, 0.1) is 6.54 Å². The largest absolute Gasteiger partial charge is 0.351 e. The maximum Gasteiger partial charge on any atom is 0.271 e. The van der Waals surface area contributed by atoms with E-state index in [9.17, 15) is 9.59 Å². The molecule has 5 nitrogen and oxygen atoms in total. The molecule has 1 aliphatic carbocycles. The fourth-order valence-electron chi connectivity index (χ4n) is 5.59. The fourth-order valence-corrected chi connectivity index (χ4v) is 5.59. The van der Waals surface area contributed by atoms with Gasteiger partial charge in [0.1, 0.15) is 11.2 Å². The highest BCUT2D eigenvalue weighted by molar-refractivity contribution is 6.00. The van der Waals surface area contributed by atoms with Gasteiger partial charge in [0.15, 0.2) is 0 Å². The van der Waals surface area contributed by atoms with E-state index in [4.69, 9.17) is 0 Å². The van der Waals surface area contributed by atoms with E-state index in [-0.39, 0.29) is 17.9 Å². The summed E-state index contributed by atoms with van der Waals surface area (Å²) in [6, 6.07) is 22.3. The van der Waals surface area contributed by atoms with Gasteiger partial charge in [-0.2, -0.15) is 0 Å². The summed E-state index contributed by atoms with van der Waals surface area (Å²) in [7, 11) is 0. The van der Waals surface area contributed by atoms with Crippen LogP contribution in [0.3, 0.4) is 0 Å². The van der Waals surface area contributed by atoms with Crippen molar-refractivity contribution >= 4 is 11.8 Å². The predicted molar refractivity (Wildman–Crippen MR) is 139 cm³/mol. The Kier molecular flexibility index (Phi) is 6.26. The van der Waals surface area contributed by atoms with E-state index in [0.717, 1.165) is 48.1 Å². The number of benzene rings is 2. The number of rotatable bonds is 5. The molecule has 0 radical (unpaired) electrons. The molecule has 1 unspecified atom stereocenters. The minimum absolute atomic E-state index is 0.0580. The zero-order valence-electron chi connectivity index (χ0n) is 21.0. The third kappa shape index (κ3) is 4.40. The highest BCUT2D eigenvalue weighted by Crippen LogP contribution is 2.35. The minimum Gasteiger partial charge on any atom is -0.351 e. The maximum absolute atomic E-state index is 14.0. The number of aryl methyl sites for hydroxylation is 1. The number of amides is 2. The van der Waals surface area contributed by atoms with Gasteiger partial charge < -0.3 is 14.8 Å². The van der Waals surface area contributed by atoms with Crippen LogP contribution in [-0.4, -0.2) is 32.9 Å². The Hall–Kier alpha value is -3.34. The third-order valence-corrected chi connectivity index (χ3v) is 8.01. The molecular formula is C30H35N3O2. The highest BCUT2D eigenvalue weighted by Gasteiger charge is 2.48. The van der Waals surface area contributed by atoms with Gasteiger partial charge in [-0.3, -0.25) is 9.59 Å². The Morgan fingerprint density at radius 2 is 1.60 bits per heavy atom. The van der Waals surface area contributed by atoms with Crippen LogP contribution in [0, 0.1) is 12.8 Å². The van der Waals surface area contributed by atoms with Crippen molar-refractivity contribution in [1.82, 2.24) is 14.8 Å². The molecule has 5 heteroatoms. The summed E-state index contributed by atoms with van der Waals surface area (Å²) in [5.41, 5.74) is 3.83. The van der Waals surface area contributed by atoms with Gasteiger partial charge in [0, 0.05) is 18.3 Å². The van der Waals surface area contributed by atoms with Gasteiger partial charge in [-0.15, -0.1) is 0 Å². The molecule has 2 heterocycles. The number of carbonyl (C=O) groups is 2. The van der Waals surface area contributed by atoms with Crippen LogP contribution in [0.5, 0.6) is 0 Å². The number of hydrogen-bond donors (Lipinski definition) is 1. The molecule has 1 aromatic heterocycles. The molecule has 1 atom stereocenters. The molecule has 5 rings (SSSR count). The van der Waals surface area contributed by atoms with Gasteiger partial charge in [-0.25, -0.2) is 0 Å². The van der Waals surface area contributed by atoms with Crippen molar-refractivity contribution in [2.45, 2.75) is 71.1 Å². The van der Waals surface area contributed by atoms with E-state index >= 15 is 0 Å². The van der Waals surface area contributed by atoms with Gasteiger partial charge in [0.2, 0.25) is 5.91 Å². The van der Waals surface area contributed by atoms with Gasteiger partial charge in [-0.1, -0.05) is 61.5 Å². The molecule has 182 valence electrons. The topological polar surface area (TPSA) is 54.3 Å². The van der Waals surface area contributed by atoms with E-state index in [2.05, 4.69) is 25.2 Å². The van der Waals surface area contributed by atoms with Crippen molar-refractivity contribution in [3.63, 3.8) is 0 Å². The summed E-state index contributed by atoms with van der Waals surface area (Å²) in [5, 5.41) is 3.34. The van der Waals surface area contributed by atoms with Gasteiger partial charge in [0.25, 0.3) is 5.91 Å². The Bertz CT molecular complexity index is 1220. The lowest BCUT2D eigenvalue weighted by molar-refractivity contribution is -0.134. The van der Waals surface area contributed by atoms with Crippen LogP contribution in [-0.2, 0) is 17.9 Å². The van der Waals surface area contributed by atoms with Crippen LogP contribution < -0.4 is 5.32 Å². The lowest BCUT2D eigenvalue weighted by atomic mass is 9.86. The van der Waals surface area contributed by atoms with Crippen molar-refractivity contribution in [2.24, 2.45) is 5.92 Å². The number of nitrogens with one attached hydrogen (secondary N) is 1. The number of fused-ring (bicyclic) bond motifs is 1. The quantitative estimate of drug-likeness (QED) is 0.531. The van der Waals surface area contributed by atoms with Crippen LogP contribution in [0.15, 0.2) is 66.7 Å². The first-order chi connectivity index (χ1) is 16.9. The summed E-state index contributed by atoms with van der Waals surface area (Å²) >= 11 is 0. The normalized spacial score (nSPS) is 24.2. The summed E-state index contributed by atoms with van der Waals surface area (Å²) in [6.45, 7) is 7.10. The maximum atomic E-state index is 14.0. The average molecular weight is 470 g/mol. The molecule has 0 bridgehead atoms. The Labute approximate surface area is 208 Å². The summed E-state index contributed by atoms with van der Waals surface area (Å²) in [4.78, 5) is 29.7. The molecule has 3 aromatic rings. The van der Waals surface area contributed by atoms with Crippen molar-refractivity contribution in [3.8, 4) is 11.3 Å². The molecule has 1 N–H and O–H groups in total. The number of aromatic nitrogens is 1. The molecule has 35 heavy (non-hydrogen) atoms. The first kappa shape index (κ1) is 23.4. The fraction of sp³-hybridized carbons (Fsp3) is 0.400. The van der Waals surface area contributed by atoms with Crippen molar-refractivity contribution in [2.75, 3.05) is 0 Å². The SMILES string of the molecule is Cc1ccccc1CN1C(=O)c2ccc(-c3ccccc3)n2CC1(C)C(=O)NC1CCC(C)CC1. The molecule has 2 aliphatic rings. The zero-order valence-corrected chi connectivity index (χ0v) is 21.0. The highest BCUT2D eigenvalue weighted by atomic mass is 16.2. The number of nitrogens with zero attached hydrogens (tertiary/aromatic N) is 2. The molecule has 1 aliphatic heterocycles. The standard InChI is InChI=1S/C30H35N3O2/c1-21-13-15-25(16-14-21)31-29(35)30(3)20-32-26(23-10-5-4-6-11-23)17-18-27(32)28(34)33(30)19-24-12-8-7-9-22(24)2/h4-12,17-18,21,25H,13-16,19-20H2,1-3H3,(H,31,35). The summed E-state index contributed by atoms with van der Waals surface area (Å²) in [5.74, 6) is 0.553. The first-order valence-corrected chi connectivity index (χ1v) is 12.8. The molecule has 1 fully saturated rings. The monoisotopic (exact) mass is 469 g/mol. The van der Waals surface area contributed by atoms with E-state index in [1.807, 2.05) is 72.2 Å². The van der Waals surface area contributed by atoms with Crippen LogP contribution >= 0.6 is 0 Å². The van der Waals surface area contributed by atoms with E-state index in [1.165, 1.54) is 0 Å². The molecule has 2 amide bonds. The van der Waals surface area contributed by atoms with E-state index < -0.39 is 5.54 Å². The average Bonchev–Trinajstić information content (AvgIpc) is 3.28. The summed E-state index contributed by atoms with van der Waals surface area (Å²) in [6.07, 6.45) is 4.26. The predicted octanol–water partition coefficient (Wildman–Crippen LogP) is 5.57. The lowest BCUT2D eigenvalue weighted by Crippen LogP contribution is -2.64. The number of hydrogen-bond acceptors (Lipinski definition) is 2. The van der Waals surface area contributed by atoms with Crippen molar-refractivity contribution in [1.29, 1.82) is 0 Å². The van der Waals surface area contributed by atoms with E-state index in [0.29, 0.717) is 24.7 Å². The number of carbonyl (C=O) groups excluding carboxylic acids is 2. The van der Waals surface area contributed by atoms with Gasteiger partial charge in [-0.05, 0) is 74.3 Å². The molecular weight excluding hydrogens is 434 g/mol. The molecule has 0 saturated heterocycles. The zero-order chi connectivity index (χ0) is 24.6. The third-order valence-electron chi connectivity index (χ3n) is 8.01. The first-order valence-electron chi connectivity index (χ1n) is 12.8. The van der Waals surface area contributed by atoms with Crippen LogP contribution in [0.4, 0.5) is 0 Å².